The maximum Gasteiger partial charge on any atom is 0.287 e. The van der Waals surface area contributed by atoms with Gasteiger partial charge in [0.05, 0.1) is 23.1 Å². The maximum absolute atomic E-state index is 12.9. The van der Waals surface area contributed by atoms with Crippen molar-refractivity contribution in [2.75, 3.05) is 0 Å². The number of nitrogens with zero attached hydrogens (tertiary/aromatic N) is 4. The molecule has 0 aliphatic heterocycles. The van der Waals surface area contributed by atoms with E-state index in [0.29, 0.717) is 17.1 Å². The zero-order chi connectivity index (χ0) is 20.1. The highest BCUT2D eigenvalue weighted by Gasteiger charge is 2.28. The zero-order valence-electron chi connectivity index (χ0n) is 15.1. The molecule has 0 aromatic carbocycles. The number of aromatic nitrogens is 4. The van der Waals surface area contributed by atoms with E-state index in [2.05, 4.69) is 20.4 Å². The van der Waals surface area contributed by atoms with Crippen LogP contribution in [0.4, 0.5) is 0 Å². The molecule has 3 aromatic rings. The molecule has 2 amide bonds. The van der Waals surface area contributed by atoms with E-state index in [0.717, 1.165) is 0 Å². The van der Waals surface area contributed by atoms with Crippen LogP contribution in [0.1, 0.15) is 16.1 Å². The highest BCUT2D eigenvalue weighted by Crippen LogP contribution is 2.21. The van der Waals surface area contributed by atoms with Crippen molar-refractivity contribution < 1.29 is 14.4 Å². The molecule has 0 aliphatic carbocycles. The summed E-state index contributed by atoms with van der Waals surface area (Å²) in [6, 6.07) is 9.31. The van der Waals surface area contributed by atoms with E-state index in [9.17, 15) is 14.4 Å². The van der Waals surface area contributed by atoms with Crippen molar-refractivity contribution in [1.29, 1.82) is 0 Å². The molecular weight excluding hydrogens is 360 g/mol. The molecule has 0 bridgehead atoms. The maximum atomic E-state index is 12.9. The largest absolute Gasteiger partial charge is 0.363 e. The molecule has 142 valence electrons. The lowest BCUT2D eigenvalue weighted by molar-refractivity contribution is -0.137. The van der Waals surface area contributed by atoms with Gasteiger partial charge in [-0.05, 0) is 24.3 Å². The molecule has 0 saturated carbocycles. The van der Waals surface area contributed by atoms with Crippen molar-refractivity contribution in [1.82, 2.24) is 25.1 Å². The number of pyridine rings is 2. The third-order valence-electron chi connectivity index (χ3n) is 4.09. The van der Waals surface area contributed by atoms with Gasteiger partial charge in [0.25, 0.3) is 11.8 Å². The van der Waals surface area contributed by atoms with E-state index in [1.165, 1.54) is 10.9 Å². The SMILES string of the molecule is Cn1ncc(C(=O)NC(Cc2ccccn2)C(=O)C(N)=O)c1-c1ccccn1. The number of rotatable bonds is 7. The Hall–Kier alpha value is -3.88. The minimum absolute atomic E-state index is 0.0353. The number of carbonyl (C=O) groups excluding carboxylic acids is 3. The number of nitrogens with two attached hydrogens (primary N) is 1. The van der Waals surface area contributed by atoms with Crippen molar-refractivity contribution in [2.45, 2.75) is 12.5 Å². The number of primary amides is 1. The van der Waals surface area contributed by atoms with Crippen LogP contribution in [0.15, 0.2) is 55.0 Å². The van der Waals surface area contributed by atoms with Crippen molar-refractivity contribution in [2.24, 2.45) is 12.8 Å². The second-order valence-electron chi connectivity index (χ2n) is 6.03. The van der Waals surface area contributed by atoms with E-state index in [4.69, 9.17) is 5.73 Å². The molecule has 3 heterocycles. The summed E-state index contributed by atoms with van der Waals surface area (Å²) in [6.45, 7) is 0. The van der Waals surface area contributed by atoms with Gasteiger partial charge in [0.1, 0.15) is 6.04 Å². The third-order valence-corrected chi connectivity index (χ3v) is 4.09. The fourth-order valence-corrected chi connectivity index (χ4v) is 2.76. The highest BCUT2D eigenvalue weighted by molar-refractivity contribution is 6.38. The van der Waals surface area contributed by atoms with Crippen LogP contribution in [0.2, 0.25) is 0 Å². The molecule has 1 unspecified atom stereocenters. The lowest BCUT2D eigenvalue weighted by Crippen LogP contribution is -2.47. The monoisotopic (exact) mass is 378 g/mol. The standard InChI is InChI=1S/C19H18N6O3/c1-25-16(14-7-3-5-9-22-14)13(11-23-25)19(28)24-15(17(26)18(20)27)10-12-6-2-4-8-21-12/h2-9,11,15H,10H2,1H3,(H2,20,27)(H,24,28). The van der Waals surface area contributed by atoms with E-state index >= 15 is 0 Å². The normalized spacial score (nSPS) is 11.6. The smallest absolute Gasteiger partial charge is 0.287 e. The molecule has 9 heteroatoms. The molecule has 0 aliphatic rings. The van der Waals surface area contributed by atoms with Crippen LogP contribution < -0.4 is 11.1 Å². The summed E-state index contributed by atoms with van der Waals surface area (Å²) in [4.78, 5) is 44.9. The molecule has 1 atom stereocenters. The molecule has 9 nitrogen and oxygen atoms in total. The first-order chi connectivity index (χ1) is 13.5. The molecule has 0 fully saturated rings. The van der Waals surface area contributed by atoms with Crippen molar-refractivity contribution >= 4 is 17.6 Å². The third kappa shape index (κ3) is 4.09. The number of hydrogen-bond acceptors (Lipinski definition) is 6. The van der Waals surface area contributed by atoms with Gasteiger partial charge in [0.2, 0.25) is 5.78 Å². The van der Waals surface area contributed by atoms with Crippen molar-refractivity contribution in [3.8, 4) is 11.4 Å². The van der Waals surface area contributed by atoms with Gasteiger partial charge in [0, 0.05) is 31.6 Å². The predicted molar refractivity (Wildman–Crippen MR) is 99.8 cm³/mol. The van der Waals surface area contributed by atoms with Gasteiger partial charge in [-0.2, -0.15) is 5.10 Å². The first-order valence-corrected chi connectivity index (χ1v) is 8.45. The van der Waals surface area contributed by atoms with Crippen LogP contribution in [0.25, 0.3) is 11.4 Å². The number of hydrogen-bond donors (Lipinski definition) is 2. The van der Waals surface area contributed by atoms with Crippen LogP contribution in [-0.2, 0) is 23.1 Å². The second-order valence-corrected chi connectivity index (χ2v) is 6.03. The number of carbonyl (C=O) groups is 3. The van der Waals surface area contributed by atoms with Crippen molar-refractivity contribution in [3.63, 3.8) is 0 Å². The Labute approximate surface area is 160 Å². The number of aryl methyl sites for hydroxylation is 1. The van der Waals surface area contributed by atoms with Crippen LogP contribution in [0.3, 0.4) is 0 Å². The van der Waals surface area contributed by atoms with Crippen molar-refractivity contribution in [3.05, 3.63) is 66.2 Å². The lowest BCUT2D eigenvalue weighted by Gasteiger charge is -2.16. The number of ketones is 1. The molecule has 0 radical (unpaired) electrons. The van der Waals surface area contributed by atoms with Gasteiger partial charge in [0.15, 0.2) is 0 Å². The van der Waals surface area contributed by atoms with Gasteiger partial charge in [-0.3, -0.25) is 29.0 Å². The quantitative estimate of drug-likeness (QED) is 0.567. The Morgan fingerprint density at radius 1 is 1.11 bits per heavy atom. The molecule has 3 aromatic heterocycles. The lowest BCUT2D eigenvalue weighted by atomic mass is 10.0. The Kier molecular flexibility index (Phi) is 5.54. The summed E-state index contributed by atoms with van der Waals surface area (Å²) in [6.07, 6.45) is 4.58. The summed E-state index contributed by atoms with van der Waals surface area (Å²) >= 11 is 0. The van der Waals surface area contributed by atoms with E-state index in [-0.39, 0.29) is 12.0 Å². The Balaban J connectivity index is 1.89. The minimum atomic E-state index is -1.14. The highest BCUT2D eigenvalue weighted by atomic mass is 16.2. The summed E-state index contributed by atoms with van der Waals surface area (Å²) in [5.41, 5.74) is 6.95. The van der Waals surface area contributed by atoms with E-state index in [1.807, 2.05) is 0 Å². The second kappa shape index (κ2) is 8.21. The molecule has 28 heavy (non-hydrogen) atoms. The topological polar surface area (TPSA) is 133 Å². The molecule has 3 rings (SSSR count). The average Bonchev–Trinajstić information content (AvgIpc) is 3.09. The van der Waals surface area contributed by atoms with Gasteiger partial charge in [-0.25, -0.2) is 0 Å². The predicted octanol–water partition coefficient (Wildman–Crippen LogP) is 0.273. The Bertz CT molecular complexity index is 1000. The summed E-state index contributed by atoms with van der Waals surface area (Å²) in [5.74, 6) is -2.59. The zero-order valence-corrected chi connectivity index (χ0v) is 15.1. The Morgan fingerprint density at radius 3 is 2.43 bits per heavy atom. The first kappa shape index (κ1) is 18.9. The van der Waals surface area contributed by atoms with Crippen LogP contribution >= 0.6 is 0 Å². The number of amides is 2. The Morgan fingerprint density at radius 2 is 1.82 bits per heavy atom. The summed E-state index contributed by atoms with van der Waals surface area (Å²) in [5, 5.41) is 6.69. The number of Topliss-reactive ketones (excluding diaryl/α,β-unsaturated/α-hetero) is 1. The van der Waals surface area contributed by atoms with E-state index < -0.39 is 23.6 Å². The minimum Gasteiger partial charge on any atom is -0.363 e. The fourth-order valence-electron chi connectivity index (χ4n) is 2.76. The summed E-state index contributed by atoms with van der Waals surface area (Å²) < 4.78 is 1.51. The first-order valence-electron chi connectivity index (χ1n) is 8.45. The molecule has 3 N–H and O–H groups in total. The van der Waals surface area contributed by atoms with Crippen LogP contribution in [-0.4, -0.2) is 43.4 Å². The van der Waals surface area contributed by atoms with Gasteiger partial charge >= 0.3 is 0 Å². The van der Waals surface area contributed by atoms with Crippen LogP contribution in [0, 0.1) is 0 Å². The number of nitrogens with one attached hydrogen (secondary N) is 1. The van der Waals surface area contributed by atoms with E-state index in [1.54, 1.807) is 55.8 Å². The van der Waals surface area contributed by atoms with Gasteiger partial charge in [-0.15, -0.1) is 0 Å². The molecule has 0 spiro atoms. The summed E-state index contributed by atoms with van der Waals surface area (Å²) in [7, 11) is 1.68. The molecular formula is C19H18N6O3. The van der Waals surface area contributed by atoms with Crippen LogP contribution in [0.5, 0.6) is 0 Å². The fraction of sp³-hybridized carbons (Fsp3) is 0.158. The van der Waals surface area contributed by atoms with Gasteiger partial charge in [-0.1, -0.05) is 12.1 Å². The van der Waals surface area contributed by atoms with Gasteiger partial charge < -0.3 is 11.1 Å². The molecule has 0 saturated heterocycles. The average molecular weight is 378 g/mol.